The highest BCUT2D eigenvalue weighted by Gasteiger charge is 2.18. The highest BCUT2D eigenvalue weighted by molar-refractivity contribution is 5.30. The first-order valence-corrected chi connectivity index (χ1v) is 5.38. The first kappa shape index (κ1) is 10.3. The summed E-state index contributed by atoms with van der Waals surface area (Å²) in [6.45, 7) is 2.15. The topological polar surface area (TPSA) is 32.7 Å². The van der Waals surface area contributed by atoms with Crippen molar-refractivity contribution >= 4 is 0 Å². The summed E-state index contributed by atoms with van der Waals surface area (Å²) in [7, 11) is 2.12. The van der Waals surface area contributed by atoms with Crippen LogP contribution in [0.2, 0.25) is 0 Å². The molecule has 0 aliphatic carbocycles. The van der Waals surface area contributed by atoms with Crippen molar-refractivity contribution in [3.8, 4) is 11.5 Å². The molecular weight excluding hydrogens is 190 g/mol. The zero-order valence-electron chi connectivity index (χ0n) is 9.02. The Kier molecular flexibility index (Phi) is 3.11. The van der Waals surface area contributed by atoms with Crippen molar-refractivity contribution in [2.24, 2.45) is 0 Å². The van der Waals surface area contributed by atoms with Crippen LogP contribution in [0.4, 0.5) is 0 Å². The molecule has 82 valence electrons. The van der Waals surface area contributed by atoms with E-state index < -0.39 is 0 Å². The molecule has 2 rings (SSSR count). The highest BCUT2D eigenvalue weighted by Crippen LogP contribution is 2.20. The molecule has 0 bridgehead atoms. The van der Waals surface area contributed by atoms with Gasteiger partial charge in [-0.1, -0.05) is 0 Å². The molecule has 0 saturated carbocycles. The number of likely N-dealkylation sites (tertiary alicyclic amines) is 1. The molecule has 1 N–H and O–H groups in total. The molecule has 1 heterocycles. The maximum absolute atomic E-state index is 9.14. The van der Waals surface area contributed by atoms with Crippen molar-refractivity contribution in [1.29, 1.82) is 0 Å². The van der Waals surface area contributed by atoms with E-state index in [9.17, 15) is 0 Å². The van der Waals surface area contributed by atoms with Gasteiger partial charge in [0.1, 0.15) is 17.6 Å². The lowest BCUT2D eigenvalue weighted by Gasteiger charge is -2.29. The number of rotatable bonds is 2. The van der Waals surface area contributed by atoms with Gasteiger partial charge in [0.2, 0.25) is 0 Å². The third-order valence-electron chi connectivity index (χ3n) is 2.72. The van der Waals surface area contributed by atoms with Crippen LogP contribution < -0.4 is 4.74 Å². The summed E-state index contributed by atoms with van der Waals surface area (Å²) >= 11 is 0. The standard InChI is InChI=1S/C12H17NO2/c1-13-8-2-3-12(9-13)15-11-6-4-10(14)5-7-11/h4-7,12,14H,2-3,8-9H2,1H3. The van der Waals surface area contributed by atoms with E-state index in [1.165, 1.54) is 6.42 Å². The third kappa shape index (κ3) is 2.86. The number of aromatic hydroxyl groups is 1. The zero-order chi connectivity index (χ0) is 10.7. The maximum atomic E-state index is 9.14. The second-order valence-corrected chi connectivity index (χ2v) is 4.14. The minimum atomic E-state index is 0.281. The van der Waals surface area contributed by atoms with Crippen LogP contribution in [0.1, 0.15) is 12.8 Å². The van der Waals surface area contributed by atoms with Crippen LogP contribution in [-0.2, 0) is 0 Å². The molecule has 0 aromatic heterocycles. The number of piperidine rings is 1. The van der Waals surface area contributed by atoms with Crippen molar-refractivity contribution in [1.82, 2.24) is 4.90 Å². The maximum Gasteiger partial charge on any atom is 0.120 e. The zero-order valence-corrected chi connectivity index (χ0v) is 9.02. The number of benzene rings is 1. The summed E-state index contributed by atoms with van der Waals surface area (Å²) < 4.78 is 5.83. The van der Waals surface area contributed by atoms with Gasteiger partial charge in [0.15, 0.2) is 0 Å². The second-order valence-electron chi connectivity index (χ2n) is 4.14. The quantitative estimate of drug-likeness (QED) is 0.803. The average molecular weight is 207 g/mol. The minimum absolute atomic E-state index is 0.281. The summed E-state index contributed by atoms with van der Waals surface area (Å²) in [5.74, 6) is 1.12. The number of nitrogens with zero attached hydrogens (tertiary/aromatic N) is 1. The molecule has 0 spiro atoms. The van der Waals surface area contributed by atoms with Gasteiger partial charge in [-0.3, -0.25) is 0 Å². The molecule has 1 atom stereocenters. The Balaban J connectivity index is 1.93. The number of ether oxygens (including phenoxy) is 1. The molecular formula is C12H17NO2. The molecule has 1 fully saturated rings. The van der Waals surface area contributed by atoms with E-state index in [1.807, 2.05) is 12.1 Å². The smallest absolute Gasteiger partial charge is 0.120 e. The molecule has 1 aliphatic rings. The lowest BCUT2D eigenvalue weighted by Crippen LogP contribution is -2.38. The lowest BCUT2D eigenvalue weighted by molar-refractivity contribution is 0.104. The fourth-order valence-corrected chi connectivity index (χ4v) is 1.93. The van der Waals surface area contributed by atoms with Crippen LogP contribution in [0.25, 0.3) is 0 Å². The van der Waals surface area contributed by atoms with Gasteiger partial charge in [-0.05, 0) is 50.7 Å². The van der Waals surface area contributed by atoms with Crippen LogP contribution in [0.5, 0.6) is 11.5 Å². The molecule has 1 saturated heterocycles. The molecule has 0 radical (unpaired) electrons. The molecule has 1 aliphatic heterocycles. The Hall–Kier alpha value is -1.22. The Bertz CT molecular complexity index is 310. The summed E-state index contributed by atoms with van der Waals surface area (Å²) in [4.78, 5) is 2.29. The van der Waals surface area contributed by atoms with E-state index in [-0.39, 0.29) is 11.9 Å². The molecule has 3 nitrogen and oxygen atoms in total. The highest BCUT2D eigenvalue weighted by atomic mass is 16.5. The summed E-state index contributed by atoms with van der Waals surface area (Å²) in [5, 5.41) is 9.14. The molecule has 0 amide bonds. The van der Waals surface area contributed by atoms with Crippen LogP contribution in [0.3, 0.4) is 0 Å². The second kappa shape index (κ2) is 4.53. The predicted molar refractivity (Wildman–Crippen MR) is 59.3 cm³/mol. The Morgan fingerprint density at radius 3 is 2.73 bits per heavy atom. The number of phenols is 1. The van der Waals surface area contributed by atoms with Crippen LogP contribution in [-0.4, -0.2) is 36.2 Å². The molecule has 1 aromatic rings. The monoisotopic (exact) mass is 207 g/mol. The van der Waals surface area contributed by atoms with Gasteiger partial charge in [0.25, 0.3) is 0 Å². The fourth-order valence-electron chi connectivity index (χ4n) is 1.93. The largest absolute Gasteiger partial charge is 0.508 e. The first-order chi connectivity index (χ1) is 7.24. The van der Waals surface area contributed by atoms with Crippen LogP contribution in [0, 0.1) is 0 Å². The number of likely N-dealkylation sites (N-methyl/N-ethyl adjacent to an activating group) is 1. The van der Waals surface area contributed by atoms with Gasteiger partial charge in [-0.15, -0.1) is 0 Å². The fraction of sp³-hybridized carbons (Fsp3) is 0.500. The molecule has 15 heavy (non-hydrogen) atoms. The normalized spacial score (nSPS) is 22.6. The van der Waals surface area contributed by atoms with Gasteiger partial charge < -0.3 is 14.7 Å². The van der Waals surface area contributed by atoms with Gasteiger partial charge in [-0.25, -0.2) is 0 Å². The van der Waals surface area contributed by atoms with Crippen LogP contribution >= 0.6 is 0 Å². The van der Waals surface area contributed by atoms with Crippen molar-refractivity contribution in [3.05, 3.63) is 24.3 Å². The number of phenolic OH excluding ortho intramolecular Hbond substituents is 1. The van der Waals surface area contributed by atoms with E-state index in [0.717, 1.165) is 25.3 Å². The minimum Gasteiger partial charge on any atom is -0.508 e. The summed E-state index contributed by atoms with van der Waals surface area (Å²) in [5.41, 5.74) is 0. The first-order valence-electron chi connectivity index (χ1n) is 5.38. The van der Waals surface area contributed by atoms with Gasteiger partial charge in [-0.2, -0.15) is 0 Å². The van der Waals surface area contributed by atoms with Crippen molar-refractivity contribution in [2.75, 3.05) is 20.1 Å². The third-order valence-corrected chi connectivity index (χ3v) is 2.72. The van der Waals surface area contributed by atoms with Crippen LogP contribution in [0.15, 0.2) is 24.3 Å². The van der Waals surface area contributed by atoms with E-state index in [0.29, 0.717) is 0 Å². The van der Waals surface area contributed by atoms with Gasteiger partial charge in [0, 0.05) is 6.54 Å². The molecule has 3 heteroatoms. The van der Waals surface area contributed by atoms with Crippen molar-refractivity contribution < 1.29 is 9.84 Å². The molecule has 1 aromatic carbocycles. The van der Waals surface area contributed by atoms with Gasteiger partial charge in [0.05, 0.1) is 0 Å². The van der Waals surface area contributed by atoms with Gasteiger partial charge >= 0.3 is 0 Å². The van der Waals surface area contributed by atoms with E-state index in [4.69, 9.17) is 9.84 Å². The van der Waals surface area contributed by atoms with E-state index in [2.05, 4.69) is 11.9 Å². The SMILES string of the molecule is CN1CCCC(Oc2ccc(O)cc2)C1. The summed E-state index contributed by atoms with van der Waals surface area (Å²) in [6.07, 6.45) is 2.60. The molecule has 1 unspecified atom stereocenters. The Morgan fingerprint density at radius 2 is 2.07 bits per heavy atom. The average Bonchev–Trinajstić information content (AvgIpc) is 2.22. The Morgan fingerprint density at radius 1 is 1.33 bits per heavy atom. The van der Waals surface area contributed by atoms with E-state index >= 15 is 0 Å². The number of hydrogen-bond donors (Lipinski definition) is 1. The Labute approximate surface area is 90.3 Å². The lowest BCUT2D eigenvalue weighted by atomic mass is 10.1. The predicted octanol–water partition coefficient (Wildman–Crippen LogP) is 1.87. The summed E-state index contributed by atoms with van der Waals surface area (Å²) in [6, 6.07) is 6.93. The number of hydrogen-bond acceptors (Lipinski definition) is 3. The van der Waals surface area contributed by atoms with E-state index in [1.54, 1.807) is 12.1 Å². The van der Waals surface area contributed by atoms with Crippen molar-refractivity contribution in [3.63, 3.8) is 0 Å². The van der Waals surface area contributed by atoms with Crippen molar-refractivity contribution in [2.45, 2.75) is 18.9 Å².